The quantitative estimate of drug-likeness (QED) is 0.306. The molecule has 0 fully saturated rings. The van der Waals surface area contributed by atoms with Gasteiger partial charge in [0, 0.05) is 21.2 Å². The highest BCUT2D eigenvalue weighted by Crippen LogP contribution is 2.20. The van der Waals surface area contributed by atoms with Crippen LogP contribution in [0.4, 0.5) is 0 Å². The van der Waals surface area contributed by atoms with Crippen LogP contribution in [0, 0.1) is 13.8 Å². The van der Waals surface area contributed by atoms with E-state index in [1.165, 1.54) is 18.5 Å². The van der Waals surface area contributed by atoms with Crippen molar-refractivity contribution < 1.29 is 9.59 Å². The van der Waals surface area contributed by atoms with Crippen LogP contribution in [0.25, 0.3) is 0 Å². The number of amides is 2. The molecule has 3 rings (SSSR count). The highest BCUT2D eigenvalue weighted by Gasteiger charge is 2.17. The minimum absolute atomic E-state index is 0.180. The third-order valence-corrected chi connectivity index (χ3v) is 5.68. The van der Waals surface area contributed by atoms with Gasteiger partial charge in [0.15, 0.2) is 0 Å². The molecule has 2 N–H and O–H groups in total. The minimum atomic E-state index is -0.545. The number of aromatic nitrogens is 1. The second-order valence-electron chi connectivity index (χ2n) is 6.98. The van der Waals surface area contributed by atoms with Gasteiger partial charge < -0.3 is 0 Å². The van der Waals surface area contributed by atoms with Gasteiger partial charge in [-0.15, -0.1) is 0 Å². The molecule has 0 saturated heterocycles. The maximum Gasteiger partial charge on any atom is 0.273 e. The number of pyridine rings is 1. The third-order valence-electron chi connectivity index (χ3n) is 4.56. The van der Waals surface area contributed by atoms with E-state index in [9.17, 15) is 9.59 Å². The molecule has 0 atom stereocenters. The van der Waals surface area contributed by atoms with Crippen molar-refractivity contribution in [3.63, 3.8) is 0 Å². The van der Waals surface area contributed by atoms with Gasteiger partial charge in [-0.1, -0.05) is 58.5 Å². The SMILES string of the molecule is Cc1nc(C)c(C(=O)N/N=C\c2ccc(Cl)cc2Cl)cc1C(=O)N/N=C\c1ccc(Cl)cc1Cl. The molecule has 0 aliphatic carbocycles. The summed E-state index contributed by atoms with van der Waals surface area (Å²) < 4.78 is 0. The van der Waals surface area contributed by atoms with Crippen molar-refractivity contribution >= 4 is 70.6 Å². The first-order valence-electron chi connectivity index (χ1n) is 9.71. The van der Waals surface area contributed by atoms with Crippen LogP contribution in [0.2, 0.25) is 20.1 Å². The second kappa shape index (κ2) is 11.4. The van der Waals surface area contributed by atoms with Crippen molar-refractivity contribution in [3.05, 3.63) is 96.2 Å². The fraction of sp³-hybridized carbons (Fsp3) is 0.0870. The number of halogens is 4. The van der Waals surface area contributed by atoms with Crippen molar-refractivity contribution in [1.29, 1.82) is 0 Å². The van der Waals surface area contributed by atoms with E-state index < -0.39 is 11.8 Å². The number of hydrazone groups is 2. The summed E-state index contributed by atoms with van der Waals surface area (Å²) in [6.07, 6.45) is 2.77. The van der Waals surface area contributed by atoms with E-state index in [0.717, 1.165) is 0 Å². The summed E-state index contributed by atoms with van der Waals surface area (Å²) in [5, 5.41) is 9.58. The molecule has 34 heavy (non-hydrogen) atoms. The predicted octanol–water partition coefficient (Wildman–Crippen LogP) is 5.84. The molecule has 2 aromatic carbocycles. The van der Waals surface area contributed by atoms with Crippen molar-refractivity contribution in [1.82, 2.24) is 15.8 Å². The van der Waals surface area contributed by atoms with Crippen molar-refractivity contribution in [2.75, 3.05) is 0 Å². The van der Waals surface area contributed by atoms with E-state index in [2.05, 4.69) is 26.0 Å². The molecule has 11 heteroatoms. The lowest BCUT2D eigenvalue weighted by Gasteiger charge is -2.09. The van der Waals surface area contributed by atoms with Crippen molar-refractivity contribution in [2.24, 2.45) is 10.2 Å². The minimum Gasteiger partial charge on any atom is -0.267 e. The fourth-order valence-electron chi connectivity index (χ4n) is 2.84. The first kappa shape index (κ1) is 25.6. The van der Waals surface area contributed by atoms with Crippen molar-refractivity contribution in [3.8, 4) is 0 Å². The number of carbonyl (C=O) groups is 2. The lowest BCUT2D eigenvalue weighted by Crippen LogP contribution is -2.23. The van der Waals surface area contributed by atoms with Crippen LogP contribution in [-0.4, -0.2) is 29.2 Å². The molecule has 3 aromatic rings. The number of hydrogen-bond acceptors (Lipinski definition) is 5. The predicted molar refractivity (Wildman–Crippen MR) is 137 cm³/mol. The van der Waals surface area contributed by atoms with Crippen LogP contribution in [-0.2, 0) is 0 Å². The molecule has 0 spiro atoms. The Kier molecular flexibility index (Phi) is 8.63. The first-order valence-corrected chi connectivity index (χ1v) is 11.2. The van der Waals surface area contributed by atoms with E-state index in [1.807, 2.05) is 0 Å². The fourth-order valence-corrected chi connectivity index (χ4v) is 3.75. The van der Waals surface area contributed by atoms with Gasteiger partial charge >= 0.3 is 0 Å². The van der Waals surface area contributed by atoms with Gasteiger partial charge in [-0.2, -0.15) is 10.2 Å². The normalized spacial score (nSPS) is 11.2. The zero-order chi connectivity index (χ0) is 24.8. The Bertz CT molecular complexity index is 1230. The van der Waals surface area contributed by atoms with Crippen molar-refractivity contribution in [2.45, 2.75) is 13.8 Å². The van der Waals surface area contributed by atoms with Gasteiger partial charge in [-0.25, -0.2) is 10.9 Å². The van der Waals surface area contributed by atoms with Crippen LogP contribution < -0.4 is 10.9 Å². The molecule has 0 saturated carbocycles. The number of rotatable bonds is 6. The van der Waals surface area contributed by atoms with Crippen LogP contribution in [0.15, 0.2) is 52.7 Å². The average molecular weight is 537 g/mol. The molecule has 0 unspecified atom stereocenters. The van der Waals surface area contributed by atoms with Gasteiger partial charge in [-0.3, -0.25) is 14.6 Å². The van der Waals surface area contributed by atoms with E-state index in [0.29, 0.717) is 42.6 Å². The molecule has 0 bridgehead atoms. The smallest absolute Gasteiger partial charge is 0.267 e. The molecule has 2 amide bonds. The number of nitrogens with zero attached hydrogens (tertiary/aromatic N) is 3. The molecule has 174 valence electrons. The largest absolute Gasteiger partial charge is 0.273 e. The molecule has 1 aromatic heterocycles. The van der Waals surface area contributed by atoms with E-state index in [4.69, 9.17) is 46.4 Å². The van der Waals surface area contributed by atoms with E-state index >= 15 is 0 Å². The lowest BCUT2D eigenvalue weighted by molar-refractivity contribution is 0.0954. The summed E-state index contributed by atoms with van der Waals surface area (Å²) in [6, 6.07) is 11.2. The zero-order valence-electron chi connectivity index (χ0n) is 17.9. The summed E-state index contributed by atoms with van der Waals surface area (Å²) in [5.41, 5.74) is 7.18. The molecular formula is C23H17Cl4N5O2. The maximum atomic E-state index is 12.6. The van der Waals surface area contributed by atoms with Gasteiger partial charge in [0.2, 0.25) is 0 Å². The van der Waals surface area contributed by atoms with Gasteiger partial charge in [0.25, 0.3) is 11.8 Å². The Morgan fingerprint density at radius 1 is 0.735 bits per heavy atom. The lowest BCUT2D eigenvalue weighted by atomic mass is 10.1. The standard InChI is InChI=1S/C23H17Cl4N5O2/c1-12-18(22(33)31-28-10-14-3-5-16(24)7-20(14)26)9-19(13(2)30-12)23(34)32-29-11-15-4-6-17(25)8-21(15)27/h3-11H,1-2H3,(H,31,33)(H,32,34)/b28-10-,29-11-. The van der Waals surface area contributed by atoms with E-state index in [-0.39, 0.29) is 11.1 Å². The monoisotopic (exact) mass is 535 g/mol. The van der Waals surface area contributed by atoms with Gasteiger partial charge in [0.1, 0.15) is 0 Å². The third kappa shape index (κ3) is 6.55. The number of hydrogen-bond donors (Lipinski definition) is 2. The van der Waals surface area contributed by atoms with E-state index in [1.54, 1.807) is 50.2 Å². The first-order chi connectivity index (χ1) is 16.2. The second-order valence-corrected chi connectivity index (χ2v) is 8.67. The number of aryl methyl sites for hydroxylation is 2. The molecule has 7 nitrogen and oxygen atoms in total. The highest BCUT2D eigenvalue weighted by atomic mass is 35.5. The van der Waals surface area contributed by atoms with Crippen LogP contribution in [0.3, 0.4) is 0 Å². The van der Waals surface area contributed by atoms with Crippen LogP contribution in [0.1, 0.15) is 43.2 Å². The summed E-state index contributed by atoms with van der Waals surface area (Å²) in [7, 11) is 0. The Hall–Kier alpha value is -2.97. The summed E-state index contributed by atoms with van der Waals surface area (Å²) in [6.45, 7) is 3.31. The number of benzene rings is 2. The molecule has 1 heterocycles. The summed E-state index contributed by atoms with van der Waals surface area (Å²) in [4.78, 5) is 29.6. The molecule has 0 aliphatic rings. The molecular weight excluding hydrogens is 520 g/mol. The number of nitrogens with one attached hydrogen (secondary N) is 2. The Balaban J connectivity index is 1.73. The number of carbonyl (C=O) groups excluding carboxylic acids is 2. The highest BCUT2D eigenvalue weighted by molar-refractivity contribution is 6.36. The Labute approximate surface area is 215 Å². The van der Waals surface area contributed by atoms with Crippen LogP contribution in [0.5, 0.6) is 0 Å². The van der Waals surface area contributed by atoms with Crippen LogP contribution >= 0.6 is 46.4 Å². The zero-order valence-corrected chi connectivity index (χ0v) is 20.9. The Morgan fingerprint density at radius 2 is 1.15 bits per heavy atom. The summed E-state index contributed by atoms with van der Waals surface area (Å²) in [5.74, 6) is -1.09. The van der Waals surface area contributed by atoms with Gasteiger partial charge in [-0.05, 0) is 44.2 Å². The molecule has 0 radical (unpaired) electrons. The average Bonchev–Trinajstić information content (AvgIpc) is 2.76. The maximum absolute atomic E-state index is 12.6. The molecule has 0 aliphatic heterocycles. The Morgan fingerprint density at radius 3 is 1.53 bits per heavy atom. The summed E-state index contributed by atoms with van der Waals surface area (Å²) >= 11 is 23.9. The van der Waals surface area contributed by atoms with Gasteiger partial charge in [0.05, 0.1) is 45.0 Å². The topological polar surface area (TPSA) is 95.8 Å².